The highest BCUT2D eigenvalue weighted by atomic mass is 16.5. The van der Waals surface area contributed by atoms with E-state index < -0.39 is 0 Å². The number of hydrogen-bond donors (Lipinski definition) is 1. The van der Waals surface area contributed by atoms with Gasteiger partial charge in [-0.3, -0.25) is 4.98 Å². The third-order valence-corrected chi connectivity index (χ3v) is 3.93. The Morgan fingerprint density at radius 1 is 1.13 bits per heavy atom. The molecule has 0 unspecified atom stereocenters. The van der Waals surface area contributed by atoms with Crippen molar-refractivity contribution < 1.29 is 4.74 Å². The lowest BCUT2D eigenvalue weighted by Crippen LogP contribution is -2.00. The molecule has 0 aromatic carbocycles. The van der Waals surface area contributed by atoms with Crippen molar-refractivity contribution in [3.8, 4) is 5.75 Å². The van der Waals surface area contributed by atoms with Gasteiger partial charge in [-0.2, -0.15) is 0 Å². The van der Waals surface area contributed by atoms with E-state index in [0.29, 0.717) is 0 Å². The van der Waals surface area contributed by atoms with E-state index in [1.165, 1.54) is 12.8 Å². The molecule has 23 heavy (non-hydrogen) atoms. The molecule has 4 rings (SSSR count). The fraction of sp³-hybridized carbons (Fsp3) is 0.278. The zero-order chi connectivity index (χ0) is 15.6. The van der Waals surface area contributed by atoms with E-state index in [-0.39, 0.29) is 0 Å². The molecule has 1 saturated carbocycles. The first kappa shape index (κ1) is 13.9. The highest BCUT2D eigenvalue weighted by Gasteiger charge is 2.22. The van der Waals surface area contributed by atoms with Crippen molar-refractivity contribution in [1.82, 2.24) is 15.0 Å². The van der Waals surface area contributed by atoms with Gasteiger partial charge in [-0.1, -0.05) is 0 Å². The number of fused-ring (bicyclic) bond motifs is 1. The number of nitrogens with one attached hydrogen (secondary N) is 1. The fourth-order valence-corrected chi connectivity index (χ4v) is 2.39. The summed E-state index contributed by atoms with van der Waals surface area (Å²) in [6.07, 6.45) is 7.90. The molecule has 3 aromatic heterocycles. The van der Waals surface area contributed by atoms with E-state index in [9.17, 15) is 0 Å². The average Bonchev–Trinajstić information content (AvgIpc) is 3.39. The van der Waals surface area contributed by atoms with Crippen LogP contribution in [0.2, 0.25) is 0 Å². The van der Waals surface area contributed by atoms with Crippen LogP contribution in [0.1, 0.15) is 18.5 Å². The summed E-state index contributed by atoms with van der Waals surface area (Å²) in [5, 5.41) is 4.29. The van der Waals surface area contributed by atoms with E-state index in [1.54, 1.807) is 18.6 Å². The van der Waals surface area contributed by atoms with Crippen molar-refractivity contribution in [2.75, 3.05) is 11.9 Å². The highest BCUT2D eigenvalue weighted by Crippen LogP contribution is 2.30. The van der Waals surface area contributed by atoms with Gasteiger partial charge in [-0.05, 0) is 49.9 Å². The molecule has 0 aliphatic heterocycles. The van der Waals surface area contributed by atoms with Gasteiger partial charge in [0, 0.05) is 17.3 Å². The molecule has 1 fully saturated rings. The van der Waals surface area contributed by atoms with Crippen molar-refractivity contribution in [3.05, 3.63) is 48.5 Å². The summed E-state index contributed by atoms with van der Waals surface area (Å²) in [6, 6.07) is 7.91. The normalized spacial score (nSPS) is 14.0. The molecule has 0 atom stereocenters. The number of pyridine rings is 3. The van der Waals surface area contributed by atoms with Gasteiger partial charge in [0.25, 0.3) is 0 Å². The Bertz CT molecular complexity index is 828. The maximum Gasteiger partial charge on any atom is 0.156 e. The van der Waals surface area contributed by atoms with Gasteiger partial charge in [0.1, 0.15) is 11.3 Å². The fourth-order valence-electron chi connectivity index (χ4n) is 2.39. The summed E-state index contributed by atoms with van der Waals surface area (Å²) in [5.41, 5.74) is 2.70. The van der Waals surface area contributed by atoms with Crippen LogP contribution in [0.3, 0.4) is 0 Å². The summed E-state index contributed by atoms with van der Waals surface area (Å²) in [7, 11) is 0. The standard InChI is InChI=1S/C18H18N4O/c1-12-2-5-15(9-20-12)22-18-17-14(6-7-19-18)8-16(10-21-17)23-11-13-3-4-13/h2,5-10,13H,3-4,11H2,1H3,(H,19,22). The number of aryl methyl sites for hydroxylation is 1. The average molecular weight is 306 g/mol. The Labute approximate surface area is 134 Å². The maximum absolute atomic E-state index is 5.80. The first-order chi connectivity index (χ1) is 11.3. The van der Waals surface area contributed by atoms with Crippen molar-refractivity contribution in [1.29, 1.82) is 0 Å². The second-order valence-corrected chi connectivity index (χ2v) is 5.97. The van der Waals surface area contributed by atoms with E-state index in [0.717, 1.165) is 46.4 Å². The van der Waals surface area contributed by atoms with Crippen LogP contribution < -0.4 is 10.1 Å². The molecule has 5 nitrogen and oxygen atoms in total. The summed E-state index contributed by atoms with van der Waals surface area (Å²) < 4.78 is 5.80. The van der Waals surface area contributed by atoms with Crippen LogP contribution >= 0.6 is 0 Å². The van der Waals surface area contributed by atoms with E-state index in [2.05, 4.69) is 20.3 Å². The predicted molar refractivity (Wildman–Crippen MR) is 90.0 cm³/mol. The molecule has 0 amide bonds. The Hall–Kier alpha value is -2.69. The topological polar surface area (TPSA) is 59.9 Å². The highest BCUT2D eigenvalue weighted by molar-refractivity contribution is 5.90. The Morgan fingerprint density at radius 3 is 2.83 bits per heavy atom. The third-order valence-electron chi connectivity index (χ3n) is 3.93. The number of aromatic nitrogens is 3. The largest absolute Gasteiger partial charge is 0.492 e. The second kappa shape index (κ2) is 5.83. The minimum absolute atomic E-state index is 0.724. The van der Waals surface area contributed by atoms with Gasteiger partial charge in [0.15, 0.2) is 5.82 Å². The van der Waals surface area contributed by atoms with Gasteiger partial charge in [0.05, 0.1) is 24.7 Å². The van der Waals surface area contributed by atoms with Gasteiger partial charge in [-0.15, -0.1) is 0 Å². The Balaban J connectivity index is 1.60. The third kappa shape index (κ3) is 3.23. The summed E-state index contributed by atoms with van der Waals surface area (Å²) in [6.45, 7) is 2.75. The van der Waals surface area contributed by atoms with Crippen LogP contribution in [0, 0.1) is 12.8 Å². The lowest BCUT2D eigenvalue weighted by molar-refractivity contribution is 0.299. The number of rotatable bonds is 5. The molecular weight excluding hydrogens is 288 g/mol. The minimum atomic E-state index is 0.724. The molecule has 3 heterocycles. The lowest BCUT2D eigenvalue weighted by atomic mass is 10.2. The molecule has 0 spiro atoms. The zero-order valence-corrected chi connectivity index (χ0v) is 13.0. The van der Waals surface area contributed by atoms with E-state index in [4.69, 9.17) is 4.74 Å². The molecule has 1 aliphatic rings. The van der Waals surface area contributed by atoms with Gasteiger partial charge in [-0.25, -0.2) is 9.97 Å². The van der Waals surface area contributed by atoms with Gasteiger partial charge >= 0.3 is 0 Å². The molecular formula is C18H18N4O. The van der Waals surface area contributed by atoms with Crippen LogP contribution in [0.5, 0.6) is 5.75 Å². The predicted octanol–water partition coefficient (Wildman–Crippen LogP) is 3.87. The quantitative estimate of drug-likeness (QED) is 0.775. The van der Waals surface area contributed by atoms with Crippen molar-refractivity contribution in [2.45, 2.75) is 19.8 Å². The summed E-state index contributed by atoms with van der Waals surface area (Å²) in [5.74, 6) is 2.27. The van der Waals surface area contributed by atoms with Crippen LogP contribution in [-0.2, 0) is 0 Å². The smallest absolute Gasteiger partial charge is 0.156 e. The lowest BCUT2D eigenvalue weighted by Gasteiger charge is -2.10. The number of ether oxygens (including phenoxy) is 1. The van der Waals surface area contributed by atoms with Crippen molar-refractivity contribution in [3.63, 3.8) is 0 Å². The Kier molecular flexibility index (Phi) is 3.54. The van der Waals surface area contributed by atoms with E-state index >= 15 is 0 Å². The minimum Gasteiger partial charge on any atom is -0.492 e. The second-order valence-electron chi connectivity index (χ2n) is 5.97. The number of nitrogens with zero attached hydrogens (tertiary/aromatic N) is 3. The monoisotopic (exact) mass is 306 g/mol. The van der Waals surface area contributed by atoms with Crippen LogP contribution in [0.15, 0.2) is 42.9 Å². The molecule has 0 radical (unpaired) electrons. The molecule has 1 N–H and O–H groups in total. The van der Waals surface area contributed by atoms with Crippen LogP contribution in [-0.4, -0.2) is 21.6 Å². The van der Waals surface area contributed by atoms with Crippen LogP contribution in [0.4, 0.5) is 11.5 Å². The molecule has 116 valence electrons. The number of hydrogen-bond acceptors (Lipinski definition) is 5. The van der Waals surface area contributed by atoms with Crippen molar-refractivity contribution in [2.24, 2.45) is 5.92 Å². The maximum atomic E-state index is 5.80. The first-order valence-electron chi connectivity index (χ1n) is 7.85. The molecule has 5 heteroatoms. The van der Waals surface area contributed by atoms with Gasteiger partial charge in [0.2, 0.25) is 0 Å². The molecule has 3 aromatic rings. The molecule has 0 bridgehead atoms. The summed E-state index contributed by atoms with van der Waals surface area (Å²) in [4.78, 5) is 13.2. The Morgan fingerprint density at radius 2 is 2.04 bits per heavy atom. The first-order valence-corrected chi connectivity index (χ1v) is 7.85. The van der Waals surface area contributed by atoms with Gasteiger partial charge < -0.3 is 10.1 Å². The molecule has 1 aliphatic carbocycles. The SMILES string of the molecule is Cc1ccc(Nc2nccc3cc(OCC4CC4)cnc23)cn1. The number of anilines is 2. The zero-order valence-electron chi connectivity index (χ0n) is 13.0. The van der Waals surface area contributed by atoms with E-state index in [1.807, 2.05) is 31.2 Å². The molecule has 0 saturated heterocycles. The summed E-state index contributed by atoms with van der Waals surface area (Å²) >= 11 is 0. The van der Waals surface area contributed by atoms with Crippen molar-refractivity contribution >= 4 is 22.4 Å². The van der Waals surface area contributed by atoms with Crippen LogP contribution in [0.25, 0.3) is 10.9 Å².